The Morgan fingerprint density at radius 1 is 0.929 bits per heavy atom. The van der Waals surface area contributed by atoms with Crippen molar-refractivity contribution in [3.63, 3.8) is 0 Å². The lowest BCUT2D eigenvalue weighted by molar-refractivity contribution is -0.132. The van der Waals surface area contributed by atoms with Gasteiger partial charge in [0, 0.05) is 25.6 Å². The second kappa shape index (κ2) is 8.01. The largest absolute Gasteiger partial charge is 0.369 e. The van der Waals surface area contributed by atoms with Crippen molar-refractivity contribution in [1.82, 2.24) is 15.5 Å². The average molecular weight is 391 g/mol. The number of carbonyl (C=O) groups is 3. The zero-order chi connectivity index (χ0) is 19.7. The summed E-state index contributed by atoms with van der Waals surface area (Å²) in [5, 5.41) is 5.87. The highest BCUT2D eigenvalue weighted by Gasteiger charge is 2.51. The molecule has 0 aromatic heterocycles. The first-order valence-corrected chi connectivity index (χ1v) is 11.0. The molecule has 7 nitrogen and oxygen atoms in total. The van der Waals surface area contributed by atoms with Crippen LogP contribution in [0.25, 0.3) is 0 Å². The van der Waals surface area contributed by atoms with E-state index in [4.69, 9.17) is 5.73 Å². The zero-order valence-electron chi connectivity index (χ0n) is 16.8. The zero-order valence-corrected chi connectivity index (χ0v) is 16.8. The number of hydrogen-bond donors (Lipinski definition) is 3. The lowest BCUT2D eigenvalue weighted by Gasteiger charge is -2.56. The number of likely N-dealkylation sites (tertiary alicyclic amines) is 1. The summed E-state index contributed by atoms with van der Waals surface area (Å²) in [7, 11) is 0. The monoisotopic (exact) mass is 390 g/mol. The van der Waals surface area contributed by atoms with Gasteiger partial charge in [-0.05, 0) is 74.5 Å². The Morgan fingerprint density at radius 2 is 1.50 bits per heavy atom. The summed E-state index contributed by atoms with van der Waals surface area (Å²) in [6.45, 7) is 1.85. The van der Waals surface area contributed by atoms with Crippen LogP contribution in [0.4, 0.5) is 0 Å². The fourth-order valence-electron chi connectivity index (χ4n) is 6.82. The number of nitrogens with zero attached hydrogens (tertiary/aromatic N) is 1. The molecule has 28 heavy (non-hydrogen) atoms. The van der Waals surface area contributed by atoms with Gasteiger partial charge in [0.05, 0.1) is 13.1 Å². The molecule has 0 unspecified atom stereocenters. The molecule has 0 aromatic rings. The molecular formula is C21H34N4O3. The number of primary amides is 1. The van der Waals surface area contributed by atoms with E-state index in [1.165, 1.54) is 38.5 Å². The van der Waals surface area contributed by atoms with Crippen molar-refractivity contribution in [3.05, 3.63) is 0 Å². The second-order valence-corrected chi connectivity index (χ2v) is 9.96. The molecule has 1 saturated heterocycles. The van der Waals surface area contributed by atoms with E-state index < -0.39 is 0 Å². The van der Waals surface area contributed by atoms with E-state index in [2.05, 4.69) is 10.6 Å². The normalized spacial score (nSPS) is 34.9. The third kappa shape index (κ3) is 4.67. The standard InChI is InChI=1S/C21H34N4O3/c22-18(26)13-25-3-1-17(2-4-25)24-20(28)12-23-19(27)11-21-8-14-5-15(9-21)7-16(6-14)10-21/h14-17H,1-13H2,(H2,22,26)(H,23,27)(H,24,28). The van der Waals surface area contributed by atoms with Crippen molar-refractivity contribution in [2.75, 3.05) is 26.2 Å². The molecule has 156 valence electrons. The third-order valence-electron chi connectivity index (χ3n) is 7.48. The number of carbonyl (C=O) groups excluding carboxylic acids is 3. The van der Waals surface area contributed by atoms with Crippen molar-refractivity contribution in [2.24, 2.45) is 28.9 Å². The first-order chi connectivity index (χ1) is 13.4. The number of piperidine rings is 1. The summed E-state index contributed by atoms with van der Waals surface area (Å²) >= 11 is 0. The molecule has 7 heteroatoms. The van der Waals surface area contributed by atoms with Gasteiger partial charge in [-0.25, -0.2) is 0 Å². The maximum absolute atomic E-state index is 12.5. The van der Waals surface area contributed by atoms with E-state index in [1.807, 2.05) is 4.90 Å². The number of nitrogens with one attached hydrogen (secondary N) is 2. The first-order valence-electron chi connectivity index (χ1n) is 11.0. The topological polar surface area (TPSA) is 105 Å². The molecule has 1 heterocycles. The first kappa shape index (κ1) is 19.7. The van der Waals surface area contributed by atoms with E-state index in [0.717, 1.165) is 43.7 Å². The summed E-state index contributed by atoms with van der Waals surface area (Å²) in [6.07, 6.45) is 9.97. The van der Waals surface area contributed by atoms with Gasteiger partial charge in [-0.15, -0.1) is 0 Å². The van der Waals surface area contributed by atoms with Gasteiger partial charge in [-0.2, -0.15) is 0 Å². The number of amides is 3. The molecule has 1 aliphatic heterocycles. The number of rotatable bonds is 7. The van der Waals surface area contributed by atoms with Crippen molar-refractivity contribution < 1.29 is 14.4 Å². The van der Waals surface area contributed by atoms with Gasteiger partial charge in [0.15, 0.2) is 0 Å². The van der Waals surface area contributed by atoms with Crippen LogP contribution < -0.4 is 16.4 Å². The Kier molecular flexibility index (Phi) is 5.63. The van der Waals surface area contributed by atoms with Crippen molar-refractivity contribution >= 4 is 17.7 Å². The van der Waals surface area contributed by atoms with Crippen LogP contribution in [0.15, 0.2) is 0 Å². The third-order valence-corrected chi connectivity index (χ3v) is 7.48. The molecule has 4 bridgehead atoms. The molecule has 4 saturated carbocycles. The molecule has 4 aliphatic carbocycles. The average Bonchev–Trinajstić information content (AvgIpc) is 2.60. The van der Waals surface area contributed by atoms with E-state index in [1.54, 1.807) is 0 Å². The van der Waals surface area contributed by atoms with Crippen LogP contribution in [0.5, 0.6) is 0 Å². The van der Waals surface area contributed by atoms with Crippen LogP contribution in [0.1, 0.15) is 57.8 Å². The summed E-state index contributed by atoms with van der Waals surface area (Å²) in [5.74, 6) is 2.11. The summed E-state index contributed by atoms with van der Waals surface area (Å²) in [5.41, 5.74) is 5.43. The van der Waals surface area contributed by atoms with Gasteiger partial charge in [-0.3, -0.25) is 19.3 Å². The van der Waals surface area contributed by atoms with Crippen molar-refractivity contribution in [2.45, 2.75) is 63.8 Å². The predicted molar refractivity (Wildman–Crippen MR) is 105 cm³/mol. The van der Waals surface area contributed by atoms with Gasteiger partial charge in [0.1, 0.15) is 0 Å². The van der Waals surface area contributed by atoms with Gasteiger partial charge >= 0.3 is 0 Å². The molecule has 5 fully saturated rings. The van der Waals surface area contributed by atoms with E-state index in [9.17, 15) is 14.4 Å². The fourth-order valence-corrected chi connectivity index (χ4v) is 6.82. The van der Waals surface area contributed by atoms with Gasteiger partial charge < -0.3 is 16.4 Å². The summed E-state index contributed by atoms with van der Waals surface area (Å²) in [6, 6.07) is 0.108. The van der Waals surface area contributed by atoms with Crippen LogP contribution in [0.2, 0.25) is 0 Å². The van der Waals surface area contributed by atoms with E-state index in [0.29, 0.717) is 6.42 Å². The van der Waals surface area contributed by atoms with Crippen LogP contribution >= 0.6 is 0 Å². The van der Waals surface area contributed by atoms with E-state index in [-0.39, 0.29) is 42.3 Å². The minimum atomic E-state index is -0.316. The van der Waals surface area contributed by atoms with Crippen LogP contribution in [0, 0.1) is 23.2 Å². The van der Waals surface area contributed by atoms with Crippen LogP contribution in [-0.2, 0) is 14.4 Å². The van der Waals surface area contributed by atoms with Crippen LogP contribution in [-0.4, -0.2) is 54.8 Å². The van der Waals surface area contributed by atoms with Gasteiger partial charge in [0.2, 0.25) is 17.7 Å². The fraction of sp³-hybridized carbons (Fsp3) is 0.857. The smallest absolute Gasteiger partial charge is 0.239 e. The summed E-state index contributed by atoms with van der Waals surface area (Å²) in [4.78, 5) is 37.7. The molecule has 5 rings (SSSR count). The van der Waals surface area contributed by atoms with E-state index >= 15 is 0 Å². The highest BCUT2D eigenvalue weighted by Crippen LogP contribution is 2.61. The Morgan fingerprint density at radius 3 is 2.04 bits per heavy atom. The molecule has 3 amide bonds. The molecule has 0 radical (unpaired) electrons. The van der Waals surface area contributed by atoms with Gasteiger partial charge in [-0.1, -0.05) is 0 Å². The molecule has 4 N–H and O–H groups in total. The Hall–Kier alpha value is -1.63. The molecule has 0 atom stereocenters. The van der Waals surface area contributed by atoms with Gasteiger partial charge in [0.25, 0.3) is 0 Å². The predicted octanol–water partition coefficient (Wildman–Crippen LogP) is 0.775. The minimum absolute atomic E-state index is 0.0355. The Bertz CT molecular complexity index is 592. The Balaban J connectivity index is 1.16. The minimum Gasteiger partial charge on any atom is -0.369 e. The SMILES string of the molecule is NC(=O)CN1CCC(NC(=O)CNC(=O)CC23CC4CC(CC(C4)C2)C3)CC1. The molecule has 0 spiro atoms. The second-order valence-electron chi connectivity index (χ2n) is 9.96. The molecule has 5 aliphatic rings. The lowest BCUT2D eigenvalue weighted by Crippen LogP contribution is -2.50. The quantitative estimate of drug-likeness (QED) is 0.597. The highest BCUT2D eigenvalue weighted by molar-refractivity contribution is 5.85. The number of hydrogen-bond acceptors (Lipinski definition) is 4. The van der Waals surface area contributed by atoms with Crippen LogP contribution in [0.3, 0.4) is 0 Å². The summed E-state index contributed by atoms with van der Waals surface area (Å²) < 4.78 is 0. The maximum atomic E-state index is 12.5. The lowest BCUT2D eigenvalue weighted by atomic mass is 9.49. The van der Waals surface area contributed by atoms with Crippen molar-refractivity contribution in [3.8, 4) is 0 Å². The molecule has 0 aromatic carbocycles. The number of nitrogens with two attached hydrogens (primary N) is 1. The highest BCUT2D eigenvalue weighted by atomic mass is 16.2. The Labute approximate surface area is 167 Å². The molecular weight excluding hydrogens is 356 g/mol. The van der Waals surface area contributed by atoms with Crippen molar-refractivity contribution in [1.29, 1.82) is 0 Å². The maximum Gasteiger partial charge on any atom is 0.239 e.